The smallest absolute Gasteiger partial charge is 0.255 e. The molecule has 140 valence electrons. The molecule has 4 rings (SSSR count). The van der Waals surface area contributed by atoms with Crippen molar-refractivity contribution in [2.24, 2.45) is 5.41 Å². The molecule has 2 aliphatic rings. The highest BCUT2D eigenvalue weighted by molar-refractivity contribution is 5.95. The van der Waals surface area contributed by atoms with Gasteiger partial charge >= 0.3 is 0 Å². The number of amides is 2. The van der Waals surface area contributed by atoms with Crippen LogP contribution in [-0.4, -0.2) is 53.3 Å². The summed E-state index contributed by atoms with van der Waals surface area (Å²) >= 11 is 0. The Balaban J connectivity index is 1.50. The summed E-state index contributed by atoms with van der Waals surface area (Å²) in [5, 5.41) is 0. The zero-order valence-corrected chi connectivity index (χ0v) is 15.3. The quantitative estimate of drug-likeness (QED) is 0.820. The second kappa shape index (κ2) is 6.76. The van der Waals surface area contributed by atoms with E-state index in [-0.39, 0.29) is 17.6 Å². The first kappa shape index (κ1) is 17.6. The molecule has 5 nitrogen and oxygen atoms in total. The van der Waals surface area contributed by atoms with Gasteiger partial charge in [0.15, 0.2) is 0 Å². The summed E-state index contributed by atoms with van der Waals surface area (Å²) in [5.41, 5.74) is 1.36. The number of hydrogen-bond donors (Lipinski definition) is 0. The summed E-state index contributed by atoms with van der Waals surface area (Å²) in [6, 6.07) is 9.66. The highest BCUT2D eigenvalue weighted by Gasteiger charge is 2.48. The first-order chi connectivity index (χ1) is 13.0. The van der Waals surface area contributed by atoms with E-state index in [4.69, 9.17) is 0 Å². The third-order valence-corrected chi connectivity index (χ3v) is 5.72. The molecule has 1 aromatic carbocycles. The minimum Gasteiger partial charge on any atom is -0.345 e. The number of hydrogen-bond acceptors (Lipinski definition) is 3. The maximum atomic E-state index is 13.4. The monoisotopic (exact) mass is 367 g/mol. The average molecular weight is 367 g/mol. The van der Waals surface area contributed by atoms with Gasteiger partial charge in [-0.05, 0) is 43.5 Å². The molecule has 2 saturated heterocycles. The Bertz CT molecular complexity index is 883. The summed E-state index contributed by atoms with van der Waals surface area (Å²) in [6.07, 6.45) is 4.07. The van der Waals surface area contributed by atoms with Gasteiger partial charge in [-0.25, -0.2) is 4.39 Å². The molecule has 2 aromatic rings. The SMILES string of the molecule is CN1CCCC2(CCN(C(=O)c3ccc(-c4cccc(F)c4)nc3)C2)C1=O. The van der Waals surface area contributed by atoms with E-state index in [0.717, 1.165) is 25.8 Å². The third kappa shape index (κ3) is 3.20. The summed E-state index contributed by atoms with van der Waals surface area (Å²) in [5.74, 6) is -0.270. The van der Waals surface area contributed by atoms with Gasteiger partial charge in [0.25, 0.3) is 5.91 Å². The van der Waals surface area contributed by atoms with Crippen LogP contribution in [0.5, 0.6) is 0 Å². The predicted octanol–water partition coefficient (Wildman–Crippen LogP) is 2.97. The van der Waals surface area contributed by atoms with Crippen LogP contribution in [0.1, 0.15) is 29.6 Å². The van der Waals surface area contributed by atoms with Crippen molar-refractivity contribution in [2.75, 3.05) is 26.7 Å². The number of aromatic nitrogens is 1. The van der Waals surface area contributed by atoms with Crippen LogP contribution in [0, 0.1) is 11.2 Å². The molecule has 0 bridgehead atoms. The average Bonchev–Trinajstić information content (AvgIpc) is 3.11. The van der Waals surface area contributed by atoms with Gasteiger partial charge in [-0.15, -0.1) is 0 Å². The molecule has 6 heteroatoms. The number of nitrogens with zero attached hydrogens (tertiary/aromatic N) is 3. The van der Waals surface area contributed by atoms with Crippen LogP contribution < -0.4 is 0 Å². The number of piperidine rings is 1. The fourth-order valence-corrected chi connectivity index (χ4v) is 4.21. The van der Waals surface area contributed by atoms with E-state index in [9.17, 15) is 14.0 Å². The van der Waals surface area contributed by atoms with Gasteiger partial charge in [0, 0.05) is 38.4 Å². The van der Waals surface area contributed by atoms with Crippen LogP contribution >= 0.6 is 0 Å². The van der Waals surface area contributed by atoms with Crippen molar-refractivity contribution in [2.45, 2.75) is 19.3 Å². The first-order valence-corrected chi connectivity index (χ1v) is 9.25. The van der Waals surface area contributed by atoms with Crippen molar-refractivity contribution in [3.8, 4) is 11.3 Å². The van der Waals surface area contributed by atoms with E-state index >= 15 is 0 Å². The normalized spacial score (nSPS) is 22.5. The van der Waals surface area contributed by atoms with Gasteiger partial charge in [0.1, 0.15) is 5.82 Å². The molecule has 1 atom stereocenters. The Hall–Kier alpha value is -2.76. The zero-order valence-electron chi connectivity index (χ0n) is 15.3. The Kier molecular flexibility index (Phi) is 4.42. The standard InChI is InChI=1S/C21H22FN3O2/c1-24-10-3-8-21(20(24)27)9-11-25(14-21)19(26)16-6-7-18(23-13-16)15-4-2-5-17(22)12-15/h2,4-7,12-13H,3,8-11,14H2,1H3. The fraction of sp³-hybridized carbons (Fsp3) is 0.381. The molecule has 0 radical (unpaired) electrons. The lowest BCUT2D eigenvalue weighted by molar-refractivity contribution is -0.143. The molecule has 0 aliphatic carbocycles. The van der Waals surface area contributed by atoms with E-state index in [1.54, 1.807) is 34.1 Å². The van der Waals surface area contributed by atoms with Gasteiger partial charge in [-0.2, -0.15) is 0 Å². The van der Waals surface area contributed by atoms with Gasteiger partial charge in [0.2, 0.25) is 5.91 Å². The first-order valence-electron chi connectivity index (χ1n) is 9.25. The van der Waals surface area contributed by atoms with E-state index < -0.39 is 5.41 Å². The molecule has 3 heterocycles. The summed E-state index contributed by atoms with van der Waals surface area (Å²) in [4.78, 5) is 33.4. The largest absolute Gasteiger partial charge is 0.345 e. The Morgan fingerprint density at radius 2 is 2.04 bits per heavy atom. The molecule has 0 N–H and O–H groups in total. The van der Waals surface area contributed by atoms with Crippen molar-refractivity contribution in [3.05, 3.63) is 54.0 Å². The molecule has 0 saturated carbocycles. The molecule has 1 aromatic heterocycles. The maximum absolute atomic E-state index is 13.4. The molecular weight excluding hydrogens is 345 g/mol. The number of pyridine rings is 1. The lowest BCUT2D eigenvalue weighted by Gasteiger charge is -2.37. The molecule has 2 fully saturated rings. The molecule has 27 heavy (non-hydrogen) atoms. The summed E-state index contributed by atoms with van der Waals surface area (Å²) in [7, 11) is 1.84. The lowest BCUT2D eigenvalue weighted by Crippen LogP contribution is -2.48. The van der Waals surface area contributed by atoms with Crippen molar-refractivity contribution in [1.82, 2.24) is 14.8 Å². The number of rotatable bonds is 2. The van der Waals surface area contributed by atoms with Crippen LogP contribution in [0.15, 0.2) is 42.6 Å². The molecule has 1 spiro atoms. The Morgan fingerprint density at radius 3 is 2.78 bits per heavy atom. The van der Waals surface area contributed by atoms with Crippen LogP contribution in [-0.2, 0) is 4.79 Å². The second-order valence-corrected chi connectivity index (χ2v) is 7.53. The van der Waals surface area contributed by atoms with Crippen molar-refractivity contribution in [3.63, 3.8) is 0 Å². The lowest BCUT2D eigenvalue weighted by atomic mass is 9.78. The molecule has 1 unspecified atom stereocenters. The van der Waals surface area contributed by atoms with Crippen LogP contribution in [0.4, 0.5) is 4.39 Å². The van der Waals surface area contributed by atoms with Gasteiger partial charge in [-0.1, -0.05) is 12.1 Å². The predicted molar refractivity (Wildman–Crippen MR) is 99.5 cm³/mol. The minimum atomic E-state index is -0.419. The number of halogens is 1. The molecule has 2 amide bonds. The molecule has 2 aliphatic heterocycles. The number of benzene rings is 1. The topological polar surface area (TPSA) is 53.5 Å². The summed E-state index contributed by atoms with van der Waals surface area (Å²) < 4.78 is 13.4. The number of carbonyl (C=O) groups excluding carboxylic acids is 2. The van der Waals surface area contributed by atoms with Crippen LogP contribution in [0.3, 0.4) is 0 Å². The second-order valence-electron chi connectivity index (χ2n) is 7.53. The summed E-state index contributed by atoms with van der Waals surface area (Å²) in [6.45, 7) is 1.85. The minimum absolute atomic E-state index is 0.105. The fourth-order valence-electron chi connectivity index (χ4n) is 4.21. The van der Waals surface area contributed by atoms with E-state index in [2.05, 4.69) is 4.98 Å². The van der Waals surface area contributed by atoms with Gasteiger partial charge in [0.05, 0.1) is 16.7 Å². The number of likely N-dealkylation sites (tertiary alicyclic amines) is 2. The van der Waals surface area contributed by atoms with Crippen molar-refractivity contribution >= 4 is 11.8 Å². The van der Waals surface area contributed by atoms with Crippen molar-refractivity contribution in [1.29, 1.82) is 0 Å². The zero-order chi connectivity index (χ0) is 19.0. The Morgan fingerprint density at radius 1 is 1.19 bits per heavy atom. The van der Waals surface area contributed by atoms with E-state index in [0.29, 0.717) is 29.9 Å². The highest BCUT2D eigenvalue weighted by atomic mass is 19.1. The Labute approximate surface area is 157 Å². The maximum Gasteiger partial charge on any atom is 0.255 e. The molecular formula is C21H22FN3O2. The third-order valence-electron chi connectivity index (χ3n) is 5.72. The highest BCUT2D eigenvalue weighted by Crippen LogP contribution is 2.40. The van der Waals surface area contributed by atoms with Crippen LogP contribution in [0.25, 0.3) is 11.3 Å². The van der Waals surface area contributed by atoms with Gasteiger partial charge < -0.3 is 9.80 Å². The van der Waals surface area contributed by atoms with Gasteiger partial charge in [-0.3, -0.25) is 14.6 Å². The van der Waals surface area contributed by atoms with Crippen molar-refractivity contribution < 1.29 is 14.0 Å². The van der Waals surface area contributed by atoms with Crippen LogP contribution in [0.2, 0.25) is 0 Å². The van der Waals surface area contributed by atoms with E-state index in [1.807, 2.05) is 7.05 Å². The number of carbonyl (C=O) groups is 2. The van der Waals surface area contributed by atoms with E-state index in [1.165, 1.54) is 18.3 Å².